The molecule has 4 heteroatoms. The number of allylic oxidation sites excluding steroid dienone is 4. The molecule has 0 aromatic heterocycles. The van der Waals surface area contributed by atoms with Crippen LogP contribution in [0.3, 0.4) is 0 Å². The standard InChI is InChI=1S/C6H6N.C5H5.2CH3.2ClH.Ti/c7-6-4-2-1-3-5-6;1-2-4-5-3-1;;;;;/h1-5,7H;1-3H,4H2;2*1H3;2*1H;/q-1;;;;;;+1. The molecule has 0 saturated carbocycles. The number of anilines is 1. The molecule has 2 rings (SSSR count). The molecule has 0 saturated heterocycles. The number of benzene rings is 1. The molecule has 94 valence electrons. The van der Waals surface area contributed by atoms with Gasteiger partial charge in [-0.25, -0.2) is 0 Å². The number of rotatable bonds is 3. The van der Waals surface area contributed by atoms with Crippen molar-refractivity contribution in [3.63, 3.8) is 0 Å². The second kappa shape index (κ2) is 7.28. The molecule has 0 bridgehead atoms. The molecule has 0 heterocycles. The fraction of sp³-hybridized carbons (Fsp3) is 0.231. The van der Waals surface area contributed by atoms with Crippen molar-refractivity contribution in [2.24, 2.45) is 0 Å². The van der Waals surface area contributed by atoms with Gasteiger partial charge in [0.05, 0.1) is 0 Å². The first-order valence-corrected chi connectivity index (χ1v) is 10.1. The Hall–Kier alpha value is -0.206. The van der Waals surface area contributed by atoms with Crippen molar-refractivity contribution in [3.05, 3.63) is 52.4 Å². The number of para-hydroxylation sites is 1. The van der Waals surface area contributed by atoms with E-state index in [0.29, 0.717) is 0 Å². The van der Waals surface area contributed by atoms with Gasteiger partial charge in [-0.15, -0.1) is 24.8 Å². The molecule has 0 atom stereocenters. The van der Waals surface area contributed by atoms with Gasteiger partial charge in [0, 0.05) is 0 Å². The van der Waals surface area contributed by atoms with Gasteiger partial charge in [-0.2, -0.15) is 0 Å². The summed E-state index contributed by atoms with van der Waals surface area (Å²) in [6, 6.07) is 10.5. The van der Waals surface area contributed by atoms with Crippen molar-refractivity contribution in [2.45, 2.75) is 16.9 Å². The van der Waals surface area contributed by atoms with Gasteiger partial charge in [-0.1, -0.05) is 0 Å². The molecule has 1 N–H and O–H groups in total. The molecule has 1 aromatic rings. The van der Waals surface area contributed by atoms with E-state index in [4.69, 9.17) is 0 Å². The van der Waals surface area contributed by atoms with Crippen LogP contribution in [0.2, 0.25) is 10.5 Å². The molecule has 1 aromatic carbocycles. The van der Waals surface area contributed by atoms with Gasteiger partial charge in [-0.3, -0.25) is 0 Å². The molecule has 0 unspecified atom stereocenters. The van der Waals surface area contributed by atoms with Crippen LogP contribution in [0.4, 0.5) is 5.69 Å². The summed E-state index contributed by atoms with van der Waals surface area (Å²) in [5.74, 6) is 0. The quantitative estimate of drug-likeness (QED) is 0.779. The maximum absolute atomic E-state index is 3.74. The van der Waals surface area contributed by atoms with E-state index < -0.39 is 16.8 Å². The Balaban J connectivity index is 0.00000128. The van der Waals surface area contributed by atoms with E-state index in [1.807, 2.05) is 0 Å². The predicted molar refractivity (Wildman–Crippen MR) is 78.1 cm³/mol. The SMILES string of the molecule is Cl.Cl.[CH3][Ti]([CH3])([NH]c1ccccc1)[C]1=CC=CC1. The van der Waals surface area contributed by atoms with E-state index >= 15 is 0 Å². The van der Waals surface area contributed by atoms with Crippen LogP contribution in [-0.2, 0) is 16.8 Å². The second-order valence-electron chi connectivity index (χ2n) is 4.44. The summed E-state index contributed by atoms with van der Waals surface area (Å²) in [6.45, 7) is 0. The van der Waals surface area contributed by atoms with Gasteiger partial charge in [-0.05, 0) is 0 Å². The Morgan fingerprint density at radius 3 is 2.24 bits per heavy atom. The first kappa shape index (κ1) is 16.8. The van der Waals surface area contributed by atoms with E-state index in [1.165, 1.54) is 5.69 Å². The van der Waals surface area contributed by atoms with Crippen molar-refractivity contribution in [2.75, 3.05) is 3.80 Å². The van der Waals surface area contributed by atoms with Crippen LogP contribution < -0.4 is 3.80 Å². The number of hydrogen-bond acceptors (Lipinski definition) is 1. The Morgan fingerprint density at radius 1 is 1.06 bits per heavy atom. The summed E-state index contributed by atoms with van der Waals surface area (Å²) in [4.78, 5) is 0. The van der Waals surface area contributed by atoms with Crippen LogP contribution in [-0.4, -0.2) is 0 Å². The van der Waals surface area contributed by atoms with Crippen molar-refractivity contribution >= 4 is 30.5 Å². The van der Waals surface area contributed by atoms with Gasteiger partial charge in [0.1, 0.15) is 0 Å². The monoisotopic (exact) mass is 307 g/mol. The molecule has 1 aliphatic carbocycles. The van der Waals surface area contributed by atoms with Crippen molar-refractivity contribution in [1.29, 1.82) is 0 Å². The zero-order chi connectivity index (χ0) is 10.7. The van der Waals surface area contributed by atoms with Gasteiger partial charge in [0.2, 0.25) is 0 Å². The third-order valence-corrected chi connectivity index (χ3v) is 7.32. The van der Waals surface area contributed by atoms with Gasteiger partial charge < -0.3 is 0 Å². The van der Waals surface area contributed by atoms with Crippen LogP contribution in [0.5, 0.6) is 0 Å². The minimum atomic E-state index is -1.99. The number of halogens is 2. The molecule has 0 fully saturated rings. The Kier molecular flexibility index (Phi) is 7.19. The van der Waals surface area contributed by atoms with Crippen LogP contribution in [0.25, 0.3) is 0 Å². The van der Waals surface area contributed by atoms with Crippen molar-refractivity contribution in [3.8, 4) is 0 Å². The van der Waals surface area contributed by atoms with Gasteiger partial charge >= 0.3 is 95.6 Å². The summed E-state index contributed by atoms with van der Waals surface area (Å²) >= 11 is -1.99. The molecule has 17 heavy (non-hydrogen) atoms. The summed E-state index contributed by atoms with van der Waals surface area (Å²) in [6.07, 6.45) is 7.85. The van der Waals surface area contributed by atoms with E-state index in [-0.39, 0.29) is 24.8 Å². The van der Waals surface area contributed by atoms with E-state index in [1.54, 1.807) is 3.88 Å². The van der Waals surface area contributed by atoms with Crippen LogP contribution in [0.15, 0.2) is 52.4 Å². The van der Waals surface area contributed by atoms with E-state index in [9.17, 15) is 0 Å². The Labute approximate surface area is 120 Å². The molecule has 0 radical (unpaired) electrons. The fourth-order valence-corrected chi connectivity index (χ4v) is 5.29. The van der Waals surface area contributed by atoms with Crippen LogP contribution >= 0.6 is 24.8 Å². The van der Waals surface area contributed by atoms with Crippen LogP contribution in [0, 0.1) is 0 Å². The first-order valence-electron chi connectivity index (χ1n) is 5.38. The Morgan fingerprint density at radius 2 is 1.71 bits per heavy atom. The minimum absolute atomic E-state index is 0. The average Bonchev–Trinajstić information content (AvgIpc) is 2.71. The van der Waals surface area contributed by atoms with Crippen molar-refractivity contribution in [1.82, 2.24) is 0 Å². The van der Waals surface area contributed by atoms with Gasteiger partial charge in [0.25, 0.3) is 0 Å². The predicted octanol–water partition coefficient (Wildman–Crippen LogP) is 4.95. The fourth-order valence-electron chi connectivity index (χ4n) is 1.87. The molecule has 0 aliphatic heterocycles. The number of hydrogen-bond donors (Lipinski definition) is 1. The normalized spacial score (nSPS) is 13.4. The number of nitrogens with one attached hydrogen (secondary N) is 1. The zero-order valence-corrected chi connectivity index (χ0v) is 13.3. The van der Waals surface area contributed by atoms with Crippen LogP contribution in [0.1, 0.15) is 6.42 Å². The topological polar surface area (TPSA) is 12.0 Å². The van der Waals surface area contributed by atoms with E-state index in [2.05, 4.69) is 62.8 Å². The molecular formula is C13H19Cl2NTi. The second-order valence-corrected chi connectivity index (χ2v) is 10.9. The van der Waals surface area contributed by atoms with E-state index in [0.717, 1.165) is 6.42 Å². The molecule has 1 nitrogen and oxygen atoms in total. The average molecular weight is 308 g/mol. The molecular weight excluding hydrogens is 289 g/mol. The molecule has 1 aliphatic rings. The first-order chi connectivity index (χ1) is 7.18. The summed E-state index contributed by atoms with van der Waals surface area (Å²) in [7, 11) is 0. The zero-order valence-electron chi connectivity index (χ0n) is 10.1. The summed E-state index contributed by atoms with van der Waals surface area (Å²) in [5.41, 5.74) is 1.26. The summed E-state index contributed by atoms with van der Waals surface area (Å²) in [5, 5.41) is 4.82. The third-order valence-electron chi connectivity index (χ3n) is 2.80. The molecule has 0 spiro atoms. The summed E-state index contributed by atoms with van der Waals surface area (Å²) < 4.78 is 5.36. The molecule has 0 amide bonds. The third kappa shape index (κ3) is 4.52. The van der Waals surface area contributed by atoms with Gasteiger partial charge in [0.15, 0.2) is 0 Å². The Bertz CT molecular complexity index is 399. The maximum atomic E-state index is 3.74. The van der Waals surface area contributed by atoms with Crippen molar-refractivity contribution < 1.29 is 16.8 Å².